The quantitative estimate of drug-likeness (QED) is 0.857. The van der Waals surface area contributed by atoms with Gasteiger partial charge >= 0.3 is 0 Å². The molecule has 110 valence electrons. The molecule has 3 rings (SSSR count). The smallest absolute Gasteiger partial charge is 0.252 e. The van der Waals surface area contributed by atoms with Gasteiger partial charge in [-0.15, -0.1) is 11.6 Å². The summed E-state index contributed by atoms with van der Waals surface area (Å²) in [5.41, 5.74) is 2.45. The zero-order valence-corrected chi connectivity index (χ0v) is 12.9. The van der Waals surface area contributed by atoms with Gasteiger partial charge in [0.1, 0.15) is 0 Å². The maximum absolute atomic E-state index is 12.6. The van der Waals surface area contributed by atoms with Gasteiger partial charge < -0.3 is 5.32 Å². The predicted molar refractivity (Wildman–Crippen MR) is 85.8 cm³/mol. The number of aromatic nitrogens is 1. The number of alkyl halides is 1. The lowest BCUT2D eigenvalue weighted by atomic mass is 9.94. The Kier molecular flexibility index (Phi) is 4.11. The van der Waals surface area contributed by atoms with Crippen LogP contribution in [0, 0.1) is 6.92 Å². The Morgan fingerprint density at radius 2 is 1.95 bits per heavy atom. The number of nitrogens with one attached hydrogen (secondary N) is 1. The number of hydrogen-bond acceptors (Lipinski definition) is 2. The molecule has 1 heterocycles. The SMILES string of the molecule is Cc1cc(C(=O)NC2CCC(Cl)CC2)c2ccccc2n1. The van der Waals surface area contributed by atoms with Crippen molar-refractivity contribution in [3.8, 4) is 0 Å². The number of carbonyl (C=O) groups is 1. The molecule has 21 heavy (non-hydrogen) atoms. The van der Waals surface area contributed by atoms with E-state index in [2.05, 4.69) is 10.3 Å². The van der Waals surface area contributed by atoms with E-state index in [0.717, 1.165) is 42.3 Å². The molecule has 1 N–H and O–H groups in total. The summed E-state index contributed by atoms with van der Waals surface area (Å²) in [6, 6.07) is 9.88. The second-order valence-electron chi connectivity index (χ2n) is 5.75. The minimum atomic E-state index is -0.00489. The first-order valence-electron chi connectivity index (χ1n) is 7.45. The van der Waals surface area contributed by atoms with Crippen LogP contribution in [-0.2, 0) is 0 Å². The van der Waals surface area contributed by atoms with Crippen molar-refractivity contribution in [1.29, 1.82) is 0 Å². The maximum atomic E-state index is 12.6. The van der Waals surface area contributed by atoms with Crippen LogP contribution in [0.2, 0.25) is 0 Å². The third kappa shape index (κ3) is 3.18. The summed E-state index contributed by atoms with van der Waals surface area (Å²) in [4.78, 5) is 17.1. The number of benzene rings is 1. The van der Waals surface area contributed by atoms with Crippen LogP contribution in [0.4, 0.5) is 0 Å². The van der Waals surface area contributed by atoms with Gasteiger partial charge in [-0.05, 0) is 44.7 Å². The summed E-state index contributed by atoms with van der Waals surface area (Å²) in [5.74, 6) is -0.00489. The molecular formula is C17H19ClN2O. The van der Waals surface area contributed by atoms with Gasteiger partial charge in [-0.1, -0.05) is 18.2 Å². The Morgan fingerprint density at radius 3 is 2.71 bits per heavy atom. The predicted octanol–water partition coefficient (Wildman–Crippen LogP) is 3.82. The first-order valence-corrected chi connectivity index (χ1v) is 7.88. The molecule has 0 spiro atoms. The van der Waals surface area contributed by atoms with E-state index in [4.69, 9.17) is 11.6 Å². The number of fused-ring (bicyclic) bond motifs is 1. The molecule has 0 saturated heterocycles. The molecule has 1 aromatic heterocycles. The molecule has 0 atom stereocenters. The van der Waals surface area contributed by atoms with Crippen molar-refractivity contribution in [3.63, 3.8) is 0 Å². The van der Waals surface area contributed by atoms with E-state index in [1.54, 1.807) is 0 Å². The number of aryl methyl sites for hydroxylation is 1. The van der Waals surface area contributed by atoms with Gasteiger partial charge in [0, 0.05) is 22.5 Å². The van der Waals surface area contributed by atoms with Crippen LogP contribution in [0.3, 0.4) is 0 Å². The van der Waals surface area contributed by atoms with Crippen LogP contribution in [0.25, 0.3) is 10.9 Å². The number of hydrogen-bond donors (Lipinski definition) is 1. The van der Waals surface area contributed by atoms with Crippen LogP contribution in [0.5, 0.6) is 0 Å². The lowest BCUT2D eigenvalue weighted by Gasteiger charge is -2.26. The summed E-state index contributed by atoms with van der Waals surface area (Å²) in [5, 5.41) is 4.32. The topological polar surface area (TPSA) is 42.0 Å². The number of halogens is 1. The fourth-order valence-electron chi connectivity index (χ4n) is 2.96. The number of amides is 1. The molecule has 0 unspecified atom stereocenters. The summed E-state index contributed by atoms with van der Waals surface area (Å²) in [6.07, 6.45) is 3.87. The second kappa shape index (κ2) is 6.02. The van der Waals surface area contributed by atoms with Crippen LogP contribution < -0.4 is 5.32 Å². The Hall–Kier alpha value is -1.61. The van der Waals surface area contributed by atoms with Crippen molar-refractivity contribution < 1.29 is 4.79 Å². The lowest BCUT2D eigenvalue weighted by molar-refractivity contribution is 0.0929. The number of pyridine rings is 1. The Bertz CT molecular complexity index is 663. The van der Waals surface area contributed by atoms with Crippen molar-refractivity contribution >= 4 is 28.4 Å². The average Bonchev–Trinajstić information content (AvgIpc) is 2.48. The van der Waals surface area contributed by atoms with Crippen LogP contribution in [0.15, 0.2) is 30.3 Å². The molecule has 0 radical (unpaired) electrons. The van der Waals surface area contributed by atoms with E-state index in [0.29, 0.717) is 5.56 Å². The highest BCUT2D eigenvalue weighted by Gasteiger charge is 2.22. The third-order valence-electron chi connectivity index (χ3n) is 4.08. The molecule has 2 aromatic rings. The van der Waals surface area contributed by atoms with Gasteiger partial charge in [0.05, 0.1) is 11.1 Å². The number of nitrogens with zero attached hydrogens (tertiary/aromatic N) is 1. The fraction of sp³-hybridized carbons (Fsp3) is 0.412. The monoisotopic (exact) mass is 302 g/mol. The molecule has 0 aliphatic heterocycles. The number of carbonyl (C=O) groups excluding carboxylic acids is 1. The van der Waals surface area contributed by atoms with Crippen LogP contribution >= 0.6 is 11.6 Å². The highest BCUT2D eigenvalue weighted by molar-refractivity contribution is 6.20. The van der Waals surface area contributed by atoms with Gasteiger partial charge in [-0.25, -0.2) is 0 Å². The molecule has 1 fully saturated rings. The highest BCUT2D eigenvalue weighted by atomic mass is 35.5. The van der Waals surface area contributed by atoms with Gasteiger partial charge in [-0.2, -0.15) is 0 Å². The number of para-hydroxylation sites is 1. The molecule has 1 aliphatic rings. The molecule has 0 bridgehead atoms. The minimum Gasteiger partial charge on any atom is -0.349 e. The van der Waals surface area contributed by atoms with E-state index in [-0.39, 0.29) is 17.3 Å². The van der Waals surface area contributed by atoms with Crippen molar-refractivity contribution in [2.24, 2.45) is 0 Å². The fourth-order valence-corrected chi connectivity index (χ4v) is 3.21. The van der Waals surface area contributed by atoms with Gasteiger partial charge in [0.25, 0.3) is 5.91 Å². The van der Waals surface area contributed by atoms with Crippen molar-refractivity contribution in [3.05, 3.63) is 41.6 Å². The van der Waals surface area contributed by atoms with Crippen LogP contribution in [-0.4, -0.2) is 22.3 Å². The summed E-state index contributed by atoms with van der Waals surface area (Å²) in [6.45, 7) is 1.92. The maximum Gasteiger partial charge on any atom is 0.252 e. The van der Waals surface area contributed by atoms with Crippen LogP contribution in [0.1, 0.15) is 41.7 Å². The highest BCUT2D eigenvalue weighted by Crippen LogP contribution is 2.24. The van der Waals surface area contributed by atoms with Crippen molar-refractivity contribution in [2.75, 3.05) is 0 Å². The zero-order valence-electron chi connectivity index (χ0n) is 12.1. The molecule has 1 aromatic carbocycles. The van der Waals surface area contributed by atoms with E-state index >= 15 is 0 Å². The van der Waals surface area contributed by atoms with E-state index in [1.807, 2.05) is 37.3 Å². The van der Waals surface area contributed by atoms with Gasteiger partial charge in [0.2, 0.25) is 0 Å². The Labute approximate surface area is 129 Å². The van der Waals surface area contributed by atoms with E-state index in [1.165, 1.54) is 0 Å². The molecule has 4 heteroatoms. The molecule has 1 saturated carbocycles. The second-order valence-corrected chi connectivity index (χ2v) is 6.37. The zero-order chi connectivity index (χ0) is 14.8. The minimum absolute atomic E-state index is 0.00489. The number of rotatable bonds is 2. The first-order chi connectivity index (χ1) is 10.1. The average molecular weight is 303 g/mol. The van der Waals surface area contributed by atoms with Crippen molar-refractivity contribution in [1.82, 2.24) is 10.3 Å². The summed E-state index contributed by atoms with van der Waals surface area (Å²) < 4.78 is 0. The van der Waals surface area contributed by atoms with Gasteiger partial charge in [-0.3, -0.25) is 9.78 Å². The summed E-state index contributed by atoms with van der Waals surface area (Å²) >= 11 is 6.11. The third-order valence-corrected chi connectivity index (χ3v) is 4.52. The molecule has 1 aliphatic carbocycles. The largest absolute Gasteiger partial charge is 0.349 e. The lowest BCUT2D eigenvalue weighted by Crippen LogP contribution is -2.38. The van der Waals surface area contributed by atoms with Gasteiger partial charge in [0.15, 0.2) is 0 Å². The molecule has 3 nitrogen and oxygen atoms in total. The Morgan fingerprint density at radius 1 is 1.24 bits per heavy atom. The van der Waals surface area contributed by atoms with E-state index in [9.17, 15) is 4.79 Å². The molecular weight excluding hydrogens is 284 g/mol. The van der Waals surface area contributed by atoms with Crippen molar-refractivity contribution in [2.45, 2.75) is 44.0 Å². The summed E-state index contributed by atoms with van der Waals surface area (Å²) in [7, 11) is 0. The Balaban J connectivity index is 1.84. The standard InChI is InChI=1S/C17H19ClN2O/c1-11-10-15(14-4-2-3-5-16(14)19-11)17(21)20-13-8-6-12(18)7-9-13/h2-5,10,12-13H,6-9H2,1H3,(H,20,21). The first kappa shape index (κ1) is 14.3. The van der Waals surface area contributed by atoms with E-state index < -0.39 is 0 Å². The molecule has 1 amide bonds. The normalized spacial score (nSPS) is 22.2.